The minimum Gasteiger partial charge on any atom is -0.313 e. The van der Waals surface area contributed by atoms with Gasteiger partial charge in [0.2, 0.25) is 0 Å². The third-order valence-electron chi connectivity index (χ3n) is 2.30. The summed E-state index contributed by atoms with van der Waals surface area (Å²) in [6, 6.07) is 5.95. The molecule has 0 aromatic carbocycles. The molecule has 4 nitrogen and oxygen atoms in total. The molecule has 0 saturated carbocycles. The molecule has 0 fully saturated rings. The van der Waals surface area contributed by atoms with Crippen LogP contribution in [0.4, 0.5) is 0 Å². The zero-order chi connectivity index (χ0) is 11.2. The highest BCUT2D eigenvalue weighted by Crippen LogP contribution is 2.04. The molecule has 84 valence electrons. The van der Waals surface area contributed by atoms with Gasteiger partial charge in [-0.05, 0) is 30.7 Å². The predicted octanol–water partition coefficient (Wildman–Crippen LogP) is 1.77. The third-order valence-corrected chi connectivity index (χ3v) is 2.30. The number of hydrogen-bond acceptors (Lipinski definition) is 3. The van der Waals surface area contributed by atoms with Crippen LogP contribution in [0.25, 0.3) is 5.82 Å². The molecule has 0 aliphatic heterocycles. The van der Waals surface area contributed by atoms with E-state index in [0.29, 0.717) is 0 Å². The Balaban J connectivity index is 2.00. The minimum atomic E-state index is 0.851. The molecule has 0 atom stereocenters. The van der Waals surface area contributed by atoms with Gasteiger partial charge in [0.25, 0.3) is 0 Å². The van der Waals surface area contributed by atoms with Crippen LogP contribution in [0.3, 0.4) is 0 Å². The van der Waals surface area contributed by atoms with E-state index >= 15 is 0 Å². The monoisotopic (exact) mass is 216 g/mol. The first-order valence-corrected chi connectivity index (χ1v) is 5.56. The van der Waals surface area contributed by atoms with E-state index in [1.807, 2.05) is 24.5 Å². The Labute approximate surface area is 95.3 Å². The second kappa shape index (κ2) is 5.42. The van der Waals surface area contributed by atoms with Gasteiger partial charge >= 0.3 is 0 Å². The first-order chi connectivity index (χ1) is 7.90. The Morgan fingerprint density at radius 2 is 2.31 bits per heavy atom. The molecule has 0 unspecified atom stereocenters. The van der Waals surface area contributed by atoms with Gasteiger partial charge in [0.1, 0.15) is 0 Å². The van der Waals surface area contributed by atoms with Gasteiger partial charge in [-0.1, -0.05) is 13.0 Å². The normalized spacial score (nSPS) is 10.6. The van der Waals surface area contributed by atoms with Crippen molar-refractivity contribution >= 4 is 0 Å². The maximum Gasteiger partial charge on any atom is 0.153 e. The van der Waals surface area contributed by atoms with Crippen molar-refractivity contribution in [1.82, 2.24) is 20.1 Å². The van der Waals surface area contributed by atoms with Crippen LogP contribution in [-0.4, -0.2) is 21.3 Å². The molecule has 2 rings (SSSR count). The predicted molar refractivity (Wildman–Crippen MR) is 63.4 cm³/mol. The van der Waals surface area contributed by atoms with E-state index in [9.17, 15) is 0 Å². The first-order valence-electron chi connectivity index (χ1n) is 5.56. The van der Waals surface area contributed by atoms with Crippen LogP contribution >= 0.6 is 0 Å². The number of hydrogen-bond donors (Lipinski definition) is 1. The summed E-state index contributed by atoms with van der Waals surface area (Å²) in [6.45, 7) is 4.08. The highest BCUT2D eigenvalue weighted by Gasteiger charge is 1.97. The molecule has 1 N–H and O–H groups in total. The van der Waals surface area contributed by atoms with Gasteiger partial charge in [-0.25, -0.2) is 9.67 Å². The van der Waals surface area contributed by atoms with Crippen molar-refractivity contribution in [2.24, 2.45) is 0 Å². The van der Waals surface area contributed by atoms with Crippen molar-refractivity contribution in [2.75, 3.05) is 6.54 Å². The Morgan fingerprint density at radius 1 is 1.38 bits per heavy atom. The molecule has 2 aromatic heterocycles. The molecule has 0 saturated heterocycles. The van der Waals surface area contributed by atoms with Crippen LogP contribution in [0.5, 0.6) is 0 Å². The fourth-order valence-electron chi connectivity index (χ4n) is 1.47. The summed E-state index contributed by atoms with van der Waals surface area (Å²) < 4.78 is 1.75. The number of nitrogens with zero attached hydrogens (tertiary/aromatic N) is 3. The molecule has 0 amide bonds. The zero-order valence-electron chi connectivity index (χ0n) is 9.43. The highest BCUT2D eigenvalue weighted by molar-refractivity contribution is 5.24. The van der Waals surface area contributed by atoms with E-state index in [4.69, 9.17) is 0 Å². The van der Waals surface area contributed by atoms with Gasteiger partial charge in [-0.15, -0.1) is 0 Å². The highest BCUT2D eigenvalue weighted by atomic mass is 15.3. The molecule has 2 heterocycles. The summed E-state index contributed by atoms with van der Waals surface area (Å²) in [7, 11) is 0. The summed E-state index contributed by atoms with van der Waals surface area (Å²) >= 11 is 0. The maximum absolute atomic E-state index is 4.36. The number of pyridine rings is 1. The lowest BCUT2D eigenvalue weighted by atomic mass is 10.3. The molecular weight excluding hydrogens is 200 g/mol. The van der Waals surface area contributed by atoms with E-state index in [1.165, 1.54) is 5.56 Å². The second-order valence-corrected chi connectivity index (χ2v) is 3.65. The van der Waals surface area contributed by atoms with E-state index in [-0.39, 0.29) is 0 Å². The molecule has 0 radical (unpaired) electrons. The van der Waals surface area contributed by atoms with Crippen molar-refractivity contribution in [1.29, 1.82) is 0 Å². The van der Waals surface area contributed by atoms with Gasteiger partial charge in [-0.2, -0.15) is 5.10 Å². The molecule has 16 heavy (non-hydrogen) atoms. The molecular formula is C12H16N4. The summed E-state index contributed by atoms with van der Waals surface area (Å²) in [5.74, 6) is 0.851. The average molecular weight is 216 g/mol. The van der Waals surface area contributed by atoms with Gasteiger partial charge in [0, 0.05) is 25.1 Å². The average Bonchev–Trinajstić information content (AvgIpc) is 2.84. The summed E-state index contributed by atoms with van der Waals surface area (Å²) in [5.41, 5.74) is 1.20. The van der Waals surface area contributed by atoms with E-state index in [2.05, 4.69) is 28.4 Å². The van der Waals surface area contributed by atoms with Gasteiger partial charge in [-0.3, -0.25) is 0 Å². The fraction of sp³-hybridized carbons (Fsp3) is 0.333. The Kier molecular flexibility index (Phi) is 3.66. The summed E-state index contributed by atoms with van der Waals surface area (Å²) in [5, 5.41) is 7.47. The molecule has 4 heteroatoms. The lowest BCUT2D eigenvalue weighted by molar-refractivity contribution is 0.673. The van der Waals surface area contributed by atoms with E-state index < -0.39 is 0 Å². The third kappa shape index (κ3) is 2.67. The second-order valence-electron chi connectivity index (χ2n) is 3.65. The molecule has 0 spiro atoms. The zero-order valence-corrected chi connectivity index (χ0v) is 9.43. The van der Waals surface area contributed by atoms with Crippen molar-refractivity contribution in [3.05, 3.63) is 42.4 Å². The first kappa shape index (κ1) is 10.8. The van der Waals surface area contributed by atoms with Crippen molar-refractivity contribution in [2.45, 2.75) is 19.9 Å². The molecule has 0 bridgehead atoms. The largest absolute Gasteiger partial charge is 0.313 e. The van der Waals surface area contributed by atoms with Crippen molar-refractivity contribution in [3.8, 4) is 5.82 Å². The van der Waals surface area contributed by atoms with E-state index in [0.717, 1.165) is 25.3 Å². The smallest absolute Gasteiger partial charge is 0.153 e. The molecule has 0 aliphatic rings. The fourth-order valence-corrected chi connectivity index (χ4v) is 1.47. The summed E-state index contributed by atoms with van der Waals surface area (Å²) in [4.78, 5) is 4.36. The SMILES string of the molecule is CCCNCc1ccc(-n2cccn2)nc1. The molecule has 2 aromatic rings. The maximum atomic E-state index is 4.36. The lowest BCUT2D eigenvalue weighted by Gasteiger charge is -2.04. The number of rotatable bonds is 5. The number of aromatic nitrogens is 3. The van der Waals surface area contributed by atoms with Gasteiger partial charge < -0.3 is 5.32 Å². The number of nitrogens with one attached hydrogen (secondary N) is 1. The van der Waals surface area contributed by atoms with Crippen LogP contribution in [0.1, 0.15) is 18.9 Å². The van der Waals surface area contributed by atoms with Crippen LogP contribution in [0.2, 0.25) is 0 Å². The van der Waals surface area contributed by atoms with Gasteiger partial charge in [0.15, 0.2) is 5.82 Å². The van der Waals surface area contributed by atoms with Gasteiger partial charge in [0.05, 0.1) is 0 Å². The Hall–Kier alpha value is -1.68. The molecule has 0 aliphatic carbocycles. The van der Waals surface area contributed by atoms with Crippen LogP contribution in [-0.2, 0) is 6.54 Å². The van der Waals surface area contributed by atoms with E-state index in [1.54, 1.807) is 10.9 Å². The summed E-state index contributed by atoms with van der Waals surface area (Å²) in [6.07, 6.45) is 6.67. The Morgan fingerprint density at radius 3 is 2.94 bits per heavy atom. The van der Waals surface area contributed by atoms with Crippen molar-refractivity contribution in [3.63, 3.8) is 0 Å². The topological polar surface area (TPSA) is 42.7 Å². The van der Waals surface area contributed by atoms with Crippen LogP contribution < -0.4 is 5.32 Å². The lowest BCUT2D eigenvalue weighted by Crippen LogP contribution is -2.14. The van der Waals surface area contributed by atoms with Crippen LogP contribution in [0, 0.1) is 0 Å². The standard InChI is InChI=1S/C12H16N4/c1-2-6-13-9-11-4-5-12(14-10-11)16-8-3-7-15-16/h3-5,7-8,10,13H,2,6,9H2,1H3. The minimum absolute atomic E-state index is 0.851. The Bertz CT molecular complexity index is 405. The van der Waals surface area contributed by atoms with Crippen LogP contribution in [0.15, 0.2) is 36.8 Å². The quantitative estimate of drug-likeness (QED) is 0.774. The van der Waals surface area contributed by atoms with Crippen molar-refractivity contribution < 1.29 is 0 Å².